The quantitative estimate of drug-likeness (QED) is 0.821. The first-order chi connectivity index (χ1) is 8.02. The molecule has 0 amide bonds. The lowest BCUT2D eigenvalue weighted by Crippen LogP contribution is -2.35. The highest BCUT2D eigenvalue weighted by molar-refractivity contribution is 5.30. The first-order valence-corrected chi connectivity index (χ1v) is 5.73. The predicted octanol–water partition coefficient (Wildman–Crippen LogP) is 1.87. The summed E-state index contributed by atoms with van der Waals surface area (Å²) in [6.07, 6.45) is 0. The molecule has 4 heteroatoms. The molecule has 0 aliphatic heterocycles. The molecular formula is C13H21FN2O. The molecule has 0 aliphatic carbocycles. The largest absolute Gasteiger partial charge is 0.494 e. The number of likely N-dealkylation sites (N-methyl/N-ethyl adjacent to an activating group) is 1. The molecule has 0 aliphatic rings. The summed E-state index contributed by atoms with van der Waals surface area (Å²) in [5, 5.41) is 3.38. The molecule has 0 heterocycles. The summed E-state index contributed by atoms with van der Waals surface area (Å²) < 4.78 is 18.1. The van der Waals surface area contributed by atoms with E-state index in [2.05, 4.69) is 17.1 Å². The average molecular weight is 240 g/mol. The van der Waals surface area contributed by atoms with Crippen LogP contribution in [0.2, 0.25) is 0 Å². The van der Waals surface area contributed by atoms with Crippen LogP contribution in [0.15, 0.2) is 18.2 Å². The SMILES string of the molecule is COc1cc(CNC(C)CN(C)C)ccc1F. The Kier molecular flexibility index (Phi) is 5.38. The minimum absolute atomic E-state index is 0.296. The van der Waals surface area contributed by atoms with E-state index in [0.29, 0.717) is 18.3 Å². The van der Waals surface area contributed by atoms with Crippen LogP contribution in [0.4, 0.5) is 4.39 Å². The van der Waals surface area contributed by atoms with Gasteiger partial charge in [-0.3, -0.25) is 0 Å². The molecule has 1 N–H and O–H groups in total. The number of nitrogens with zero attached hydrogens (tertiary/aromatic N) is 1. The lowest BCUT2D eigenvalue weighted by molar-refractivity contribution is 0.348. The number of ether oxygens (including phenoxy) is 1. The Balaban J connectivity index is 2.52. The summed E-state index contributed by atoms with van der Waals surface area (Å²) in [4.78, 5) is 2.13. The topological polar surface area (TPSA) is 24.5 Å². The van der Waals surface area contributed by atoms with Crippen LogP contribution in [0, 0.1) is 5.82 Å². The average Bonchev–Trinajstić information content (AvgIpc) is 2.27. The highest BCUT2D eigenvalue weighted by Gasteiger charge is 2.06. The summed E-state index contributed by atoms with van der Waals surface area (Å²) >= 11 is 0. The Hall–Kier alpha value is -1.13. The molecule has 1 rings (SSSR count). The van der Waals surface area contributed by atoms with Gasteiger partial charge in [0.25, 0.3) is 0 Å². The summed E-state index contributed by atoms with van der Waals surface area (Å²) in [6.45, 7) is 3.81. The predicted molar refractivity (Wildman–Crippen MR) is 67.8 cm³/mol. The van der Waals surface area contributed by atoms with Gasteiger partial charge in [0.1, 0.15) is 0 Å². The molecule has 0 aromatic heterocycles. The molecule has 1 atom stereocenters. The minimum Gasteiger partial charge on any atom is -0.494 e. The third kappa shape index (κ3) is 4.71. The number of hydrogen-bond acceptors (Lipinski definition) is 3. The van der Waals surface area contributed by atoms with E-state index in [0.717, 1.165) is 12.1 Å². The molecule has 0 spiro atoms. The fraction of sp³-hybridized carbons (Fsp3) is 0.538. The molecule has 0 saturated heterocycles. The van der Waals surface area contributed by atoms with Crippen LogP contribution in [-0.4, -0.2) is 38.7 Å². The van der Waals surface area contributed by atoms with E-state index in [1.165, 1.54) is 13.2 Å². The lowest BCUT2D eigenvalue weighted by Gasteiger charge is -2.18. The first kappa shape index (κ1) is 13.9. The van der Waals surface area contributed by atoms with Crippen molar-refractivity contribution in [2.45, 2.75) is 19.5 Å². The maximum absolute atomic E-state index is 13.2. The molecular weight excluding hydrogens is 219 g/mol. The Morgan fingerprint density at radius 1 is 1.41 bits per heavy atom. The summed E-state index contributed by atoms with van der Waals surface area (Å²) in [5.41, 5.74) is 1.02. The molecule has 0 radical (unpaired) electrons. The van der Waals surface area contributed by atoms with Gasteiger partial charge in [0.05, 0.1) is 7.11 Å². The van der Waals surface area contributed by atoms with Gasteiger partial charge in [-0.2, -0.15) is 0 Å². The second kappa shape index (κ2) is 6.57. The van der Waals surface area contributed by atoms with Crippen molar-refractivity contribution < 1.29 is 9.13 Å². The van der Waals surface area contributed by atoms with Crippen molar-refractivity contribution in [3.05, 3.63) is 29.6 Å². The smallest absolute Gasteiger partial charge is 0.165 e. The molecule has 96 valence electrons. The van der Waals surface area contributed by atoms with Gasteiger partial charge in [0, 0.05) is 19.1 Å². The Bertz CT molecular complexity index is 355. The van der Waals surface area contributed by atoms with E-state index < -0.39 is 0 Å². The number of halogens is 1. The Labute approximate surface area is 103 Å². The van der Waals surface area contributed by atoms with E-state index in [9.17, 15) is 4.39 Å². The van der Waals surface area contributed by atoms with E-state index in [4.69, 9.17) is 4.74 Å². The number of benzene rings is 1. The lowest BCUT2D eigenvalue weighted by atomic mass is 10.2. The third-order valence-corrected chi connectivity index (χ3v) is 2.51. The zero-order valence-electron chi connectivity index (χ0n) is 11.0. The van der Waals surface area contributed by atoms with Crippen LogP contribution < -0.4 is 10.1 Å². The van der Waals surface area contributed by atoms with Crippen LogP contribution in [0.25, 0.3) is 0 Å². The van der Waals surface area contributed by atoms with Gasteiger partial charge < -0.3 is 15.0 Å². The minimum atomic E-state index is -0.322. The Morgan fingerprint density at radius 2 is 2.12 bits per heavy atom. The second-order valence-corrected chi connectivity index (χ2v) is 4.51. The van der Waals surface area contributed by atoms with Crippen LogP contribution in [-0.2, 0) is 6.54 Å². The van der Waals surface area contributed by atoms with E-state index in [1.54, 1.807) is 12.1 Å². The highest BCUT2D eigenvalue weighted by atomic mass is 19.1. The molecule has 1 aromatic rings. The fourth-order valence-corrected chi connectivity index (χ4v) is 1.72. The van der Waals surface area contributed by atoms with E-state index in [1.807, 2.05) is 14.1 Å². The molecule has 0 fully saturated rings. The van der Waals surface area contributed by atoms with Crippen molar-refractivity contribution >= 4 is 0 Å². The van der Waals surface area contributed by atoms with Crippen molar-refractivity contribution in [1.29, 1.82) is 0 Å². The van der Waals surface area contributed by atoms with Crippen molar-refractivity contribution in [3.63, 3.8) is 0 Å². The van der Waals surface area contributed by atoms with Gasteiger partial charge in [0.15, 0.2) is 11.6 Å². The van der Waals surface area contributed by atoms with E-state index >= 15 is 0 Å². The summed E-state index contributed by atoms with van der Waals surface area (Å²) in [5.74, 6) is -0.0258. The Morgan fingerprint density at radius 3 is 2.71 bits per heavy atom. The molecule has 3 nitrogen and oxygen atoms in total. The molecule has 0 bridgehead atoms. The van der Waals surface area contributed by atoms with Crippen LogP contribution in [0.1, 0.15) is 12.5 Å². The van der Waals surface area contributed by atoms with Crippen molar-refractivity contribution in [2.24, 2.45) is 0 Å². The van der Waals surface area contributed by atoms with Crippen molar-refractivity contribution in [3.8, 4) is 5.75 Å². The maximum Gasteiger partial charge on any atom is 0.165 e. The molecule has 1 aromatic carbocycles. The third-order valence-electron chi connectivity index (χ3n) is 2.51. The van der Waals surface area contributed by atoms with Gasteiger partial charge in [-0.05, 0) is 38.7 Å². The monoisotopic (exact) mass is 240 g/mol. The normalized spacial score (nSPS) is 12.8. The summed E-state index contributed by atoms with van der Waals surface area (Å²) in [7, 11) is 5.56. The van der Waals surface area contributed by atoms with Gasteiger partial charge >= 0.3 is 0 Å². The molecule has 1 unspecified atom stereocenters. The van der Waals surface area contributed by atoms with Gasteiger partial charge in [-0.15, -0.1) is 0 Å². The maximum atomic E-state index is 13.2. The second-order valence-electron chi connectivity index (χ2n) is 4.51. The molecule has 17 heavy (non-hydrogen) atoms. The first-order valence-electron chi connectivity index (χ1n) is 5.73. The van der Waals surface area contributed by atoms with Gasteiger partial charge in [-0.1, -0.05) is 6.07 Å². The van der Waals surface area contributed by atoms with Gasteiger partial charge in [-0.25, -0.2) is 4.39 Å². The fourth-order valence-electron chi connectivity index (χ4n) is 1.72. The van der Waals surface area contributed by atoms with Crippen molar-refractivity contribution in [2.75, 3.05) is 27.7 Å². The van der Waals surface area contributed by atoms with Crippen LogP contribution in [0.5, 0.6) is 5.75 Å². The van der Waals surface area contributed by atoms with Crippen molar-refractivity contribution in [1.82, 2.24) is 10.2 Å². The zero-order chi connectivity index (χ0) is 12.8. The number of hydrogen-bond donors (Lipinski definition) is 1. The standard InChI is InChI=1S/C13H21FN2O/c1-10(9-16(2)3)15-8-11-5-6-12(14)13(7-11)17-4/h5-7,10,15H,8-9H2,1-4H3. The zero-order valence-corrected chi connectivity index (χ0v) is 11.0. The van der Waals surface area contributed by atoms with Crippen LogP contribution in [0.3, 0.4) is 0 Å². The number of rotatable bonds is 6. The number of nitrogens with one attached hydrogen (secondary N) is 1. The molecule has 0 saturated carbocycles. The van der Waals surface area contributed by atoms with E-state index in [-0.39, 0.29) is 5.82 Å². The summed E-state index contributed by atoms with van der Waals surface area (Å²) in [6, 6.07) is 5.32. The van der Waals surface area contributed by atoms with Crippen LogP contribution >= 0.6 is 0 Å². The number of methoxy groups -OCH3 is 1. The van der Waals surface area contributed by atoms with Gasteiger partial charge in [0.2, 0.25) is 0 Å². The highest BCUT2D eigenvalue weighted by Crippen LogP contribution is 2.18.